The minimum Gasteiger partial charge on any atom is -0.485 e. The largest absolute Gasteiger partial charge is 0.485 e. The fourth-order valence-electron chi connectivity index (χ4n) is 1.59. The van der Waals surface area contributed by atoms with Gasteiger partial charge in [-0.25, -0.2) is 0 Å². The maximum atomic E-state index is 5.72. The zero-order chi connectivity index (χ0) is 10.3. The molecule has 4 heteroatoms. The van der Waals surface area contributed by atoms with Gasteiger partial charge in [0.1, 0.15) is 13.2 Å². The van der Waals surface area contributed by atoms with E-state index in [-0.39, 0.29) is 0 Å². The number of aryl methyl sites for hydroxylation is 1. The summed E-state index contributed by atoms with van der Waals surface area (Å²) in [6.45, 7) is 10.5. The average molecular weight is 228 g/mol. The second-order valence-electron chi connectivity index (χ2n) is 4.59. The molecule has 0 spiro atoms. The molecule has 1 aromatic heterocycles. The fraction of sp³-hybridized carbons (Fsp3) is 0.600. The van der Waals surface area contributed by atoms with Crippen molar-refractivity contribution in [1.29, 1.82) is 0 Å². The Balaban J connectivity index is 2.52. The van der Waals surface area contributed by atoms with Gasteiger partial charge in [0.25, 0.3) is 0 Å². The van der Waals surface area contributed by atoms with Crippen LogP contribution in [0.1, 0.15) is 4.88 Å². The summed E-state index contributed by atoms with van der Waals surface area (Å²) in [4.78, 5) is 1.26. The minimum atomic E-state index is -1.28. The molecule has 0 aliphatic carbocycles. The van der Waals surface area contributed by atoms with Gasteiger partial charge in [-0.15, -0.1) is 11.3 Å². The molecule has 0 aromatic carbocycles. The first kappa shape index (κ1) is 10.0. The van der Waals surface area contributed by atoms with E-state index in [0.29, 0.717) is 13.2 Å². The van der Waals surface area contributed by atoms with Crippen LogP contribution in [-0.4, -0.2) is 21.3 Å². The third-order valence-electron chi connectivity index (χ3n) is 2.24. The molecular weight excluding hydrogens is 212 g/mol. The van der Waals surface area contributed by atoms with E-state index in [1.165, 1.54) is 9.38 Å². The summed E-state index contributed by atoms with van der Waals surface area (Å²) in [5, 5.41) is 0. The third kappa shape index (κ3) is 1.57. The minimum absolute atomic E-state index is 0.690. The van der Waals surface area contributed by atoms with Crippen molar-refractivity contribution in [1.82, 2.24) is 0 Å². The van der Waals surface area contributed by atoms with E-state index >= 15 is 0 Å². The molecule has 78 valence electrons. The number of rotatable bonds is 1. The highest BCUT2D eigenvalue weighted by Crippen LogP contribution is 2.38. The lowest BCUT2D eigenvalue weighted by molar-refractivity contribution is 0.173. The van der Waals surface area contributed by atoms with Gasteiger partial charge in [0.15, 0.2) is 11.5 Å². The van der Waals surface area contributed by atoms with Crippen molar-refractivity contribution < 1.29 is 9.47 Å². The van der Waals surface area contributed by atoms with Crippen LogP contribution < -0.4 is 14.0 Å². The monoisotopic (exact) mass is 228 g/mol. The van der Waals surface area contributed by atoms with Crippen LogP contribution in [0, 0.1) is 6.92 Å². The molecule has 2 nitrogen and oxygen atoms in total. The van der Waals surface area contributed by atoms with Crippen molar-refractivity contribution >= 4 is 23.9 Å². The smallest absolute Gasteiger partial charge is 0.174 e. The number of hydrogen-bond donors (Lipinski definition) is 0. The first-order valence-electron chi connectivity index (χ1n) is 4.89. The highest BCUT2D eigenvalue weighted by atomic mass is 32.1. The quantitative estimate of drug-likeness (QED) is 0.687. The lowest BCUT2D eigenvalue weighted by atomic mass is 10.4. The molecule has 0 atom stereocenters. The second-order valence-corrected chi connectivity index (χ2v) is 11.2. The molecule has 1 aliphatic rings. The number of hydrogen-bond acceptors (Lipinski definition) is 3. The first-order valence-corrected chi connectivity index (χ1v) is 9.21. The van der Waals surface area contributed by atoms with Crippen LogP contribution in [0.3, 0.4) is 0 Å². The predicted octanol–water partition coefficient (Wildman–Crippen LogP) is 2.37. The molecule has 0 bridgehead atoms. The third-order valence-corrected chi connectivity index (χ3v) is 6.86. The van der Waals surface area contributed by atoms with Crippen molar-refractivity contribution in [3.63, 3.8) is 0 Å². The summed E-state index contributed by atoms with van der Waals surface area (Å²) in [7, 11) is -1.28. The summed E-state index contributed by atoms with van der Waals surface area (Å²) in [5.74, 6) is 2.04. The van der Waals surface area contributed by atoms with Crippen molar-refractivity contribution in [3.8, 4) is 11.5 Å². The van der Waals surface area contributed by atoms with Crippen LogP contribution in [0.5, 0.6) is 11.5 Å². The number of fused-ring (bicyclic) bond motifs is 1. The van der Waals surface area contributed by atoms with Gasteiger partial charge in [-0.3, -0.25) is 0 Å². The Hall–Kier alpha value is -0.483. The van der Waals surface area contributed by atoms with E-state index in [0.717, 1.165) is 11.5 Å². The molecule has 0 saturated heterocycles. The van der Waals surface area contributed by atoms with Crippen LogP contribution in [0.15, 0.2) is 0 Å². The van der Waals surface area contributed by atoms with Gasteiger partial charge in [0, 0.05) is 9.38 Å². The maximum Gasteiger partial charge on any atom is 0.174 e. The lowest BCUT2D eigenvalue weighted by Gasteiger charge is -2.20. The molecule has 2 heterocycles. The molecule has 0 N–H and O–H groups in total. The molecule has 0 saturated carbocycles. The van der Waals surface area contributed by atoms with Crippen LogP contribution in [0.2, 0.25) is 19.6 Å². The molecule has 0 amide bonds. The summed E-state index contributed by atoms with van der Waals surface area (Å²) in [6.07, 6.45) is 0. The molecular formula is C10H16O2SSi. The predicted molar refractivity (Wildman–Crippen MR) is 63.0 cm³/mol. The van der Waals surface area contributed by atoms with E-state index in [4.69, 9.17) is 9.47 Å². The second kappa shape index (κ2) is 3.27. The first-order chi connectivity index (χ1) is 6.50. The molecule has 1 aromatic rings. The fourth-order valence-corrected chi connectivity index (χ4v) is 4.93. The Morgan fingerprint density at radius 3 is 2.21 bits per heavy atom. The van der Waals surface area contributed by atoms with E-state index in [9.17, 15) is 0 Å². The van der Waals surface area contributed by atoms with Gasteiger partial charge in [-0.05, 0) is 6.92 Å². The summed E-state index contributed by atoms with van der Waals surface area (Å²) in [5.41, 5.74) is 0. The SMILES string of the molecule is Cc1sc([Si](C)(C)C)c2c1OCCO2. The molecule has 1 aliphatic heterocycles. The van der Waals surface area contributed by atoms with Gasteiger partial charge in [-0.1, -0.05) is 19.6 Å². The van der Waals surface area contributed by atoms with Crippen LogP contribution in [0.25, 0.3) is 0 Å². The van der Waals surface area contributed by atoms with E-state index < -0.39 is 8.07 Å². The highest BCUT2D eigenvalue weighted by Gasteiger charge is 2.30. The van der Waals surface area contributed by atoms with E-state index in [1.54, 1.807) is 0 Å². The van der Waals surface area contributed by atoms with Crippen LogP contribution in [0.4, 0.5) is 0 Å². The van der Waals surface area contributed by atoms with Gasteiger partial charge in [0.05, 0.1) is 8.07 Å². The standard InChI is InChI=1S/C10H16O2SSi/c1-7-8-9(12-6-5-11-8)10(13-7)14(2,3)4/h5-6H2,1-4H3. The Morgan fingerprint density at radius 1 is 1.07 bits per heavy atom. The van der Waals surface area contributed by atoms with Crippen LogP contribution >= 0.6 is 11.3 Å². The zero-order valence-electron chi connectivity index (χ0n) is 9.14. The number of thiophene rings is 1. The molecule has 0 fully saturated rings. The van der Waals surface area contributed by atoms with E-state index in [2.05, 4.69) is 26.6 Å². The lowest BCUT2D eigenvalue weighted by Crippen LogP contribution is -2.37. The van der Waals surface area contributed by atoms with E-state index in [1.807, 2.05) is 11.3 Å². The normalized spacial score (nSPS) is 15.7. The van der Waals surface area contributed by atoms with Crippen molar-refractivity contribution in [2.45, 2.75) is 26.6 Å². The van der Waals surface area contributed by atoms with Crippen molar-refractivity contribution in [2.24, 2.45) is 0 Å². The number of ether oxygens (including phenoxy) is 2. The highest BCUT2D eigenvalue weighted by molar-refractivity contribution is 7.27. The molecule has 14 heavy (non-hydrogen) atoms. The Labute approximate surface area is 89.9 Å². The Kier molecular flexibility index (Phi) is 2.35. The summed E-state index contributed by atoms with van der Waals surface area (Å²) < 4.78 is 12.8. The van der Waals surface area contributed by atoms with Gasteiger partial charge in [-0.2, -0.15) is 0 Å². The molecule has 2 rings (SSSR count). The van der Waals surface area contributed by atoms with Crippen molar-refractivity contribution in [3.05, 3.63) is 4.88 Å². The van der Waals surface area contributed by atoms with Crippen molar-refractivity contribution in [2.75, 3.05) is 13.2 Å². The Bertz CT molecular complexity index is 352. The van der Waals surface area contributed by atoms with Gasteiger partial charge < -0.3 is 9.47 Å². The van der Waals surface area contributed by atoms with Crippen LogP contribution in [-0.2, 0) is 0 Å². The average Bonchev–Trinajstić information content (AvgIpc) is 2.44. The zero-order valence-corrected chi connectivity index (χ0v) is 11.0. The van der Waals surface area contributed by atoms with Gasteiger partial charge in [0.2, 0.25) is 0 Å². The van der Waals surface area contributed by atoms with Gasteiger partial charge >= 0.3 is 0 Å². The molecule has 0 radical (unpaired) electrons. The molecule has 0 unspecified atom stereocenters. The topological polar surface area (TPSA) is 18.5 Å². The summed E-state index contributed by atoms with van der Waals surface area (Å²) in [6, 6.07) is 0. The maximum absolute atomic E-state index is 5.72. The summed E-state index contributed by atoms with van der Waals surface area (Å²) >= 11 is 1.85. The Morgan fingerprint density at radius 2 is 1.64 bits per heavy atom.